The van der Waals surface area contributed by atoms with Crippen molar-refractivity contribution >= 4 is 11.8 Å². The lowest BCUT2D eigenvalue weighted by Gasteiger charge is -2.32. The van der Waals surface area contributed by atoms with Crippen molar-refractivity contribution in [3.63, 3.8) is 0 Å². The summed E-state index contributed by atoms with van der Waals surface area (Å²) in [7, 11) is 0. The molecule has 2 rings (SSSR count). The third kappa shape index (κ3) is 0.782. The van der Waals surface area contributed by atoms with Gasteiger partial charge in [-0.05, 0) is 6.92 Å². The Balaban J connectivity index is 2.49. The van der Waals surface area contributed by atoms with Crippen molar-refractivity contribution in [2.45, 2.75) is 25.9 Å². The molecule has 2 fully saturated rings. The van der Waals surface area contributed by atoms with Crippen molar-refractivity contribution in [2.24, 2.45) is 11.3 Å². The predicted molar refractivity (Wildman–Crippen MR) is 46.5 cm³/mol. The van der Waals surface area contributed by atoms with Crippen LogP contribution >= 0.6 is 0 Å². The summed E-state index contributed by atoms with van der Waals surface area (Å²) in [4.78, 5) is 22.7. The van der Waals surface area contributed by atoms with E-state index >= 15 is 0 Å². The molecule has 0 radical (unpaired) electrons. The van der Waals surface area contributed by atoms with Crippen LogP contribution in [-0.4, -0.2) is 17.5 Å². The molecule has 2 heterocycles. The lowest BCUT2D eigenvalue weighted by molar-refractivity contribution is -0.124. The maximum absolute atomic E-state index is 11.5. The van der Waals surface area contributed by atoms with Crippen LogP contribution < -0.4 is 10.6 Å². The van der Waals surface area contributed by atoms with Gasteiger partial charge in [-0.3, -0.25) is 9.59 Å². The average molecular weight is 193 g/mol. The van der Waals surface area contributed by atoms with Crippen molar-refractivity contribution in [3.05, 3.63) is 0 Å². The van der Waals surface area contributed by atoms with Gasteiger partial charge in [0.2, 0.25) is 11.8 Å². The number of fused-ring (bicyclic) bond motifs is 1. The van der Waals surface area contributed by atoms with Gasteiger partial charge in [0, 0.05) is 11.8 Å². The van der Waals surface area contributed by atoms with E-state index in [2.05, 4.69) is 10.6 Å². The summed E-state index contributed by atoms with van der Waals surface area (Å²) in [5, 5.41) is 14.3. The lowest BCUT2D eigenvalue weighted by atomic mass is 9.72. The highest BCUT2D eigenvalue weighted by atomic mass is 16.2. The summed E-state index contributed by atoms with van der Waals surface area (Å²) < 4.78 is 0. The van der Waals surface area contributed by atoms with Crippen LogP contribution in [0.4, 0.5) is 0 Å². The molecule has 0 aromatic heterocycles. The van der Waals surface area contributed by atoms with E-state index in [1.165, 1.54) is 0 Å². The van der Waals surface area contributed by atoms with Crippen LogP contribution in [0.25, 0.3) is 0 Å². The molecular weight excluding hydrogens is 182 g/mol. The van der Waals surface area contributed by atoms with Crippen LogP contribution in [-0.2, 0) is 9.59 Å². The minimum absolute atomic E-state index is 0.116. The number of rotatable bonds is 0. The Morgan fingerprint density at radius 3 is 2.64 bits per heavy atom. The van der Waals surface area contributed by atoms with Gasteiger partial charge in [0.15, 0.2) is 0 Å². The number of amides is 2. The normalized spacial score (nSPS) is 45.4. The van der Waals surface area contributed by atoms with Gasteiger partial charge in [-0.25, -0.2) is 0 Å². The molecule has 5 heteroatoms. The number of hydrogen-bond donors (Lipinski definition) is 2. The second-order valence-corrected chi connectivity index (χ2v) is 4.32. The van der Waals surface area contributed by atoms with E-state index in [4.69, 9.17) is 5.26 Å². The first-order valence-corrected chi connectivity index (χ1v) is 4.45. The summed E-state index contributed by atoms with van der Waals surface area (Å²) in [6.07, 6.45) is 0.223. The lowest BCUT2D eigenvalue weighted by Crippen LogP contribution is -2.54. The number of nitrogens with zero attached hydrogens (tertiary/aromatic N) is 1. The Morgan fingerprint density at radius 1 is 1.43 bits per heavy atom. The maximum atomic E-state index is 11.5. The van der Waals surface area contributed by atoms with E-state index in [0.29, 0.717) is 0 Å². The average Bonchev–Trinajstić information content (AvgIpc) is 2.31. The summed E-state index contributed by atoms with van der Waals surface area (Å²) in [5.74, 6) is -1.15. The molecule has 0 aromatic carbocycles. The molecule has 0 aliphatic carbocycles. The number of nitrogens with one attached hydrogen (secondary N) is 2. The first-order chi connectivity index (χ1) is 6.43. The van der Waals surface area contributed by atoms with Crippen molar-refractivity contribution < 1.29 is 9.59 Å². The fourth-order valence-corrected chi connectivity index (χ4v) is 2.35. The topological polar surface area (TPSA) is 82.0 Å². The molecule has 74 valence electrons. The minimum Gasteiger partial charge on any atom is -0.333 e. The highest BCUT2D eigenvalue weighted by Crippen LogP contribution is 2.48. The summed E-state index contributed by atoms with van der Waals surface area (Å²) >= 11 is 0. The fourth-order valence-electron chi connectivity index (χ4n) is 2.35. The Morgan fingerprint density at radius 2 is 2.07 bits per heavy atom. The van der Waals surface area contributed by atoms with Crippen molar-refractivity contribution in [1.82, 2.24) is 10.6 Å². The Labute approximate surface area is 81.5 Å². The van der Waals surface area contributed by atoms with Gasteiger partial charge in [0.1, 0.15) is 11.6 Å². The van der Waals surface area contributed by atoms with E-state index in [1.807, 2.05) is 6.07 Å². The van der Waals surface area contributed by atoms with Gasteiger partial charge in [-0.2, -0.15) is 5.26 Å². The SMILES string of the molecule is C[C@]12NC(=O)C[C@@]1(C)[C@@H](C#N)C(=O)N2. The van der Waals surface area contributed by atoms with Crippen LogP contribution in [0.1, 0.15) is 20.3 Å². The molecule has 2 aliphatic rings. The molecule has 0 bridgehead atoms. The molecule has 3 atom stereocenters. The van der Waals surface area contributed by atoms with Gasteiger partial charge >= 0.3 is 0 Å². The van der Waals surface area contributed by atoms with Crippen molar-refractivity contribution in [2.75, 3.05) is 0 Å². The number of carbonyl (C=O) groups is 2. The number of nitriles is 1. The largest absolute Gasteiger partial charge is 0.333 e. The summed E-state index contributed by atoms with van der Waals surface area (Å²) in [5.41, 5.74) is -1.39. The van der Waals surface area contributed by atoms with Crippen molar-refractivity contribution in [1.29, 1.82) is 5.26 Å². The highest BCUT2D eigenvalue weighted by Gasteiger charge is 2.64. The molecule has 2 aliphatic heterocycles. The zero-order chi connectivity index (χ0) is 10.6. The van der Waals surface area contributed by atoms with Gasteiger partial charge in [0.05, 0.1) is 6.07 Å². The summed E-state index contributed by atoms with van der Waals surface area (Å²) in [6, 6.07) is 1.97. The predicted octanol–water partition coefficient (Wildman–Crippen LogP) is -0.502. The zero-order valence-electron chi connectivity index (χ0n) is 8.05. The smallest absolute Gasteiger partial charge is 0.239 e. The number of hydrogen-bond acceptors (Lipinski definition) is 3. The molecule has 0 spiro atoms. The van der Waals surface area contributed by atoms with E-state index in [1.54, 1.807) is 13.8 Å². The second-order valence-electron chi connectivity index (χ2n) is 4.32. The molecule has 2 saturated heterocycles. The van der Waals surface area contributed by atoms with Crippen LogP contribution in [0.3, 0.4) is 0 Å². The van der Waals surface area contributed by atoms with E-state index in [9.17, 15) is 9.59 Å². The first-order valence-electron chi connectivity index (χ1n) is 4.45. The van der Waals surface area contributed by atoms with E-state index in [-0.39, 0.29) is 18.2 Å². The second kappa shape index (κ2) is 2.27. The van der Waals surface area contributed by atoms with E-state index in [0.717, 1.165) is 0 Å². The third-order valence-electron chi connectivity index (χ3n) is 3.46. The maximum Gasteiger partial charge on any atom is 0.239 e. The van der Waals surface area contributed by atoms with Gasteiger partial charge in [-0.15, -0.1) is 0 Å². The molecular formula is C9H11N3O2. The molecule has 2 amide bonds. The molecule has 2 N–H and O–H groups in total. The first kappa shape index (κ1) is 9.00. The molecule has 5 nitrogen and oxygen atoms in total. The van der Waals surface area contributed by atoms with E-state index < -0.39 is 17.0 Å². The standard InChI is InChI=1S/C9H11N3O2/c1-8-3-6(13)11-9(8,2)12-7(14)5(8)4-10/h5H,3H2,1-2H3,(H,11,13)(H,12,14)/t5-,8-,9+/m0/s1. The van der Waals surface area contributed by atoms with Crippen LogP contribution in [0.5, 0.6) is 0 Å². The molecule has 0 aromatic rings. The monoisotopic (exact) mass is 193 g/mol. The minimum atomic E-state index is -0.762. The van der Waals surface area contributed by atoms with Crippen LogP contribution in [0.2, 0.25) is 0 Å². The van der Waals surface area contributed by atoms with Gasteiger partial charge in [-0.1, -0.05) is 6.92 Å². The molecule has 0 unspecified atom stereocenters. The van der Waals surface area contributed by atoms with Crippen LogP contribution in [0.15, 0.2) is 0 Å². The summed E-state index contributed by atoms with van der Waals surface area (Å²) in [6.45, 7) is 3.53. The molecule has 14 heavy (non-hydrogen) atoms. The van der Waals surface area contributed by atoms with Crippen LogP contribution in [0, 0.1) is 22.7 Å². The highest BCUT2D eigenvalue weighted by molar-refractivity contribution is 5.92. The Kier molecular flexibility index (Phi) is 1.46. The number of carbonyl (C=O) groups excluding carboxylic acids is 2. The Bertz CT molecular complexity index is 373. The van der Waals surface area contributed by atoms with Gasteiger partial charge in [0.25, 0.3) is 0 Å². The van der Waals surface area contributed by atoms with Gasteiger partial charge < -0.3 is 10.6 Å². The molecule has 0 saturated carbocycles. The third-order valence-corrected chi connectivity index (χ3v) is 3.46. The fraction of sp³-hybridized carbons (Fsp3) is 0.667. The van der Waals surface area contributed by atoms with Crippen molar-refractivity contribution in [3.8, 4) is 6.07 Å². The quantitative estimate of drug-likeness (QED) is 0.544. The Hall–Kier alpha value is -1.57. The zero-order valence-corrected chi connectivity index (χ0v) is 8.05.